The fourth-order valence-electron chi connectivity index (χ4n) is 2.95. The third-order valence-corrected chi connectivity index (χ3v) is 5.52. The number of aromatic nitrogens is 1. The highest BCUT2D eigenvalue weighted by atomic mass is 32.1. The van der Waals surface area contributed by atoms with E-state index in [-0.39, 0.29) is 0 Å². The molecular formula is C15H26N2OS. The first-order chi connectivity index (χ1) is 9.11. The van der Waals surface area contributed by atoms with Gasteiger partial charge in [-0.3, -0.25) is 0 Å². The highest BCUT2D eigenvalue weighted by molar-refractivity contribution is 7.11. The smallest absolute Gasteiger partial charge is 0.0954 e. The van der Waals surface area contributed by atoms with Crippen LogP contribution in [0.3, 0.4) is 0 Å². The Hall–Kier alpha value is -0.450. The van der Waals surface area contributed by atoms with Crippen LogP contribution in [0.1, 0.15) is 54.7 Å². The monoisotopic (exact) mass is 282 g/mol. The van der Waals surface area contributed by atoms with E-state index in [4.69, 9.17) is 4.74 Å². The van der Waals surface area contributed by atoms with Crippen LogP contribution in [-0.4, -0.2) is 24.7 Å². The Bertz CT molecular complexity index is 405. The molecule has 0 bridgehead atoms. The first-order valence-corrected chi connectivity index (χ1v) is 8.14. The van der Waals surface area contributed by atoms with Crippen LogP contribution in [0.25, 0.3) is 0 Å². The molecule has 2 rings (SSSR count). The molecule has 1 aliphatic rings. The van der Waals surface area contributed by atoms with Crippen molar-refractivity contribution in [2.45, 2.75) is 58.5 Å². The summed E-state index contributed by atoms with van der Waals surface area (Å²) in [6, 6.07) is 1.10. The van der Waals surface area contributed by atoms with Crippen LogP contribution >= 0.6 is 11.3 Å². The molecule has 1 fully saturated rings. The average molecular weight is 282 g/mol. The molecule has 1 saturated carbocycles. The summed E-state index contributed by atoms with van der Waals surface area (Å²) in [5.74, 6) is 0.809. The Morgan fingerprint density at radius 1 is 1.47 bits per heavy atom. The van der Waals surface area contributed by atoms with Crippen LogP contribution < -0.4 is 5.32 Å². The lowest BCUT2D eigenvalue weighted by Gasteiger charge is -2.22. The predicted octanol–water partition coefficient (Wildman–Crippen LogP) is 3.48. The third kappa shape index (κ3) is 3.77. The number of aryl methyl sites for hydroxylation is 1. The standard InChI is InChI=1S/C15H26N2OS/c1-10-6-5-7-13(10)16-11(2)15-12(3)17-14(19-15)8-9-18-4/h10-11,13,16H,5-9H2,1-4H3/t10-,11-,13-/m0/s1. The minimum Gasteiger partial charge on any atom is -0.384 e. The fraction of sp³-hybridized carbons (Fsp3) is 0.800. The zero-order valence-electron chi connectivity index (χ0n) is 12.5. The van der Waals surface area contributed by atoms with E-state index in [2.05, 4.69) is 31.1 Å². The normalized spacial score (nSPS) is 24.8. The molecule has 3 atom stereocenters. The molecule has 108 valence electrons. The van der Waals surface area contributed by atoms with Gasteiger partial charge in [-0.25, -0.2) is 4.98 Å². The number of nitrogens with zero attached hydrogens (tertiary/aromatic N) is 1. The molecule has 0 unspecified atom stereocenters. The number of methoxy groups -OCH3 is 1. The van der Waals surface area contributed by atoms with Crippen LogP contribution in [0.4, 0.5) is 0 Å². The number of thiazole rings is 1. The maximum atomic E-state index is 5.13. The van der Waals surface area contributed by atoms with Gasteiger partial charge in [0, 0.05) is 30.5 Å². The summed E-state index contributed by atoms with van der Waals surface area (Å²) in [5, 5.41) is 4.99. The Morgan fingerprint density at radius 3 is 2.89 bits per heavy atom. The molecule has 1 aromatic rings. The quantitative estimate of drug-likeness (QED) is 0.867. The number of hydrogen-bond acceptors (Lipinski definition) is 4. The summed E-state index contributed by atoms with van der Waals surface area (Å²) in [6.07, 6.45) is 4.98. The highest BCUT2D eigenvalue weighted by Crippen LogP contribution is 2.30. The van der Waals surface area contributed by atoms with E-state index in [1.165, 1.54) is 34.8 Å². The zero-order chi connectivity index (χ0) is 13.8. The SMILES string of the molecule is COCCc1nc(C)c([C@H](C)N[C@H]2CCC[C@@H]2C)s1. The first-order valence-electron chi connectivity index (χ1n) is 7.33. The van der Waals surface area contributed by atoms with E-state index in [1.807, 2.05) is 11.3 Å². The van der Waals surface area contributed by atoms with Crippen molar-refractivity contribution >= 4 is 11.3 Å². The second-order valence-corrected chi connectivity index (χ2v) is 6.82. The maximum Gasteiger partial charge on any atom is 0.0954 e. The lowest BCUT2D eigenvalue weighted by molar-refractivity contribution is 0.202. The van der Waals surface area contributed by atoms with Gasteiger partial charge >= 0.3 is 0 Å². The second kappa shape index (κ2) is 6.82. The van der Waals surface area contributed by atoms with Crippen molar-refractivity contribution in [3.63, 3.8) is 0 Å². The van der Waals surface area contributed by atoms with Crippen LogP contribution in [0.2, 0.25) is 0 Å². The molecule has 0 amide bonds. The van der Waals surface area contributed by atoms with Crippen molar-refractivity contribution in [1.82, 2.24) is 10.3 Å². The molecule has 1 aromatic heterocycles. The summed E-state index contributed by atoms with van der Waals surface area (Å²) in [6.45, 7) is 7.51. The van der Waals surface area contributed by atoms with Crippen LogP contribution in [0, 0.1) is 12.8 Å². The number of rotatable bonds is 6. The summed E-state index contributed by atoms with van der Waals surface area (Å²) in [7, 11) is 1.74. The molecule has 0 aliphatic heterocycles. The topological polar surface area (TPSA) is 34.1 Å². The van der Waals surface area contributed by atoms with E-state index < -0.39 is 0 Å². The third-order valence-electron chi connectivity index (χ3n) is 4.12. The van der Waals surface area contributed by atoms with E-state index in [1.54, 1.807) is 7.11 Å². The number of ether oxygens (including phenoxy) is 1. The van der Waals surface area contributed by atoms with Gasteiger partial charge in [0.05, 0.1) is 17.3 Å². The van der Waals surface area contributed by atoms with Gasteiger partial charge in [0.25, 0.3) is 0 Å². The maximum absolute atomic E-state index is 5.13. The fourth-order valence-corrected chi connectivity index (χ4v) is 4.01. The van der Waals surface area contributed by atoms with Crippen molar-refractivity contribution in [2.24, 2.45) is 5.92 Å². The first kappa shape index (κ1) is 14.9. The Labute approximate surface area is 120 Å². The number of nitrogens with one attached hydrogen (secondary N) is 1. The second-order valence-electron chi connectivity index (χ2n) is 5.70. The van der Waals surface area contributed by atoms with E-state index in [0.29, 0.717) is 12.1 Å². The molecule has 0 spiro atoms. The molecule has 1 heterocycles. The van der Waals surface area contributed by atoms with Crippen molar-refractivity contribution in [2.75, 3.05) is 13.7 Å². The lowest BCUT2D eigenvalue weighted by atomic mass is 10.1. The van der Waals surface area contributed by atoms with Gasteiger partial charge < -0.3 is 10.1 Å². The van der Waals surface area contributed by atoms with Crippen LogP contribution in [0.15, 0.2) is 0 Å². The predicted molar refractivity (Wildman–Crippen MR) is 80.8 cm³/mol. The van der Waals surface area contributed by atoms with Gasteiger partial charge in [-0.15, -0.1) is 11.3 Å². The van der Waals surface area contributed by atoms with Crippen molar-refractivity contribution in [3.8, 4) is 0 Å². The summed E-state index contributed by atoms with van der Waals surface area (Å²) >= 11 is 1.84. The van der Waals surface area contributed by atoms with Gasteiger partial charge in [-0.05, 0) is 32.6 Å². The average Bonchev–Trinajstić information content (AvgIpc) is 2.94. The molecule has 4 heteroatoms. The Morgan fingerprint density at radius 2 is 2.26 bits per heavy atom. The van der Waals surface area contributed by atoms with Gasteiger partial charge in [0.1, 0.15) is 0 Å². The summed E-state index contributed by atoms with van der Waals surface area (Å²) in [5.41, 5.74) is 1.18. The Balaban J connectivity index is 1.97. The molecule has 0 aromatic carbocycles. The Kier molecular flexibility index (Phi) is 5.37. The minimum atomic E-state index is 0.416. The molecule has 0 saturated heterocycles. The van der Waals surface area contributed by atoms with Crippen molar-refractivity contribution in [1.29, 1.82) is 0 Å². The van der Waals surface area contributed by atoms with Gasteiger partial charge in [-0.1, -0.05) is 13.3 Å². The van der Waals surface area contributed by atoms with Gasteiger partial charge in [0.15, 0.2) is 0 Å². The molecular weight excluding hydrogens is 256 g/mol. The van der Waals surface area contributed by atoms with E-state index in [0.717, 1.165) is 18.9 Å². The highest BCUT2D eigenvalue weighted by Gasteiger charge is 2.26. The molecule has 19 heavy (non-hydrogen) atoms. The van der Waals surface area contributed by atoms with Crippen LogP contribution in [0.5, 0.6) is 0 Å². The largest absolute Gasteiger partial charge is 0.384 e. The summed E-state index contributed by atoms with van der Waals surface area (Å²) in [4.78, 5) is 6.06. The molecule has 1 N–H and O–H groups in total. The molecule has 0 radical (unpaired) electrons. The molecule has 1 aliphatic carbocycles. The van der Waals surface area contributed by atoms with E-state index >= 15 is 0 Å². The zero-order valence-corrected chi connectivity index (χ0v) is 13.3. The number of hydrogen-bond donors (Lipinski definition) is 1. The van der Waals surface area contributed by atoms with Gasteiger partial charge in [0.2, 0.25) is 0 Å². The van der Waals surface area contributed by atoms with E-state index in [9.17, 15) is 0 Å². The van der Waals surface area contributed by atoms with Crippen LogP contribution in [-0.2, 0) is 11.2 Å². The summed E-state index contributed by atoms with van der Waals surface area (Å²) < 4.78 is 5.13. The van der Waals surface area contributed by atoms with Crippen molar-refractivity contribution in [3.05, 3.63) is 15.6 Å². The molecule has 3 nitrogen and oxygen atoms in total. The lowest BCUT2D eigenvalue weighted by Crippen LogP contribution is -2.33. The van der Waals surface area contributed by atoms with Gasteiger partial charge in [-0.2, -0.15) is 0 Å². The van der Waals surface area contributed by atoms with Crippen molar-refractivity contribution < 1.29 is 4.74 Å². The minimum absolute atomic E-state index is 0.416.